The van der Waals surface area contributed by atoms with Crippen molar-refractivity contribution in [3.8, 4) is 11.5 Å². The summed E-state index contributed by atoms with van der Waals surface area (Å²) in [6.45, 7) is 5.32. The summed E-state index contributed by atoms with van der Waals surface area (Å²) < 4.78 is 17.2. The van der Waals surface area contributed by atoms with E-state index in [0.717, 1.165) is 35.9 Å². The van der Waals surface area contributed by atoms with E-state index < -0.39 is 0 Å². The van der Waals surface area contributed by atoms with Crippen LogP contribution in [0.5, 0.6) is 11.5 Å². The smallest absolute Gasteiger partial charge is 0.191 e. The Morgan fingerprint density at radius 1 is 1.19 bits per heavy atom. The molecule has 1 aliphatic rings. The zero-order valence-corrected chi connectivity index (χ0v) is 19.5. The SMILES string of the molecule is CN=C(NCc1cccc(OC)c1OC1CCCC1)NCC(C)(C)OC.I. The van der Waals surface area contributed by atoms with Gasteiger partial charge in [-0.2, -0.15) is 0 Å². The van der Waals surface area contributed by atoms with Crippen LogP contribution in [0.3, 0.4) is 0 Å². The molecule has 2 N–H and O–H groups in total. The highest BCUT2D eigenvalue weighted by atomic mass is 127. The summed E-state index contributed by atoms with van der Waals surface area (Å²) in [7, 11) is 5.15. The van der Waals surface area contributed by atoms with Crippen LogP contribution in [0.4, 0.5) is 0 Å². The van der Waals surface area contributed by atoms with Gasteiger partial charge in [-0.15, -0.1) is 24.0 Å². The van der Waals surface area contributed by atoms with E-state index in [1.807, 2.05) is 26.0 Å². The maximum atomic E-state index is 6.28. The summed E-state index contributed by atoms with van der Waals surface area (Å²) in [6, 6.07) is 6.00. The Morgan fingerprint density at radius 3 is 2.48 bits per heavy atom. The highest BCUT2D eigenvalue weighted by Crippen LogP contribution is 2.34. The fourth-order valence-electron chi connectivity index (χ4n) is 2.94. The number of ether oxygens (including phenoxy) is 3. The number of hydrogen-bond donors (Lipinski definition) is 2. The monoisotopic (exact) mass is 491 g/mol. The molecule has 0 bridgehead atoms. The second kappa shape index (κ2) is 11.6. The van der Waals surface area contributed by atoms with E-state index in [9.17, 15) is 0 Å². The van der Waals surface area contributed by atoms with Crippen LogP contribution in [0.2, 0.25) is 0 Å². The molecule has 0 atom stereocenters. The standard InChI is InChI=1S/C20H33N3O3.HI/c1-20(2,25-5)14-23-19(21-3)22-13-15-9-8-12-17(24-4)18(15)26-16-10-6-7-11-16;/h8-9,12,16H,6-7,10-11,13-14H2,1-5H3,(H2,21,22,23);1H. The van der Waals surface area contributed by atoms with Gasteiger partial charge in [0.05, 0.1) is 18.8 Å². The van der Waals surface area contributed by atoms with Gasteiger partial charge >= 0.3 is 0 Å². The average Bonchev–Trinajstić information content (AvgIpc) is 3.16. The van der Waals surface area contributed by atoms with E-state index in [1.165, 1.54) is 12.8 Å². The molecule has 0 saturated heterocycles. The first-order valence-electron chi connectivity index (χ1n) is 9.31. The van der Waals surface area contributed by atoms with Crippen LogP contribution in [0, 0.1) is 0 Å². The van der Waals surface area contributed by atoms with Gasteiger partial charge in [0, 0.05) is 32.8 Å². The van der Waals surface area contributed by atoms with Gasteiger partial charge in [0.15, 0.2) is 17.5 Å². The first-order valence-corrected chi connectivity index (χ1v) is 9.31. The van der Waals surface area contributed by atoms with Crippen molar-refractivity contribution in [2.75, 3.05) is 27.8 Å². The van der Waals surface area contributed by atoms with Crippen molar-refractivity contribution in [3.05, 3.63) is 23.8 Å². The molecule has 2 rings (SSSR count). The fourth-order valence-corrected chi connectivity index (χ4v) is 2.94. The van der Waals surface area contributed by atoms with Crippen molar-refractivity contribution in [2.45, 2.75) is 57.8 Å². The number of benzene rings is 1. The third kappa shape index (κ3) is 7.37. The molecular formula is C20H34IN3O3. The van der Waals surface area contributed by atoms with E-state index in [-0.39, 0.29) is 35.7 Å². The highest BCUT2D eigenvalue weighted by Gasteiger charge is 2.21. The van der Waals surface area contributed by atoms with Gasteiger partial charge in [-0.25, -0.2) is 0 Å². The lowest BCUT2D eigenvalue weighted by Gasteiger charge is -2.25. The van der Waals surface area contributed by atoms with Crippen molar-refractivity contribution in [1.29, 1.82) is 0 Å². The summed E-state index contributed by atoms with van der Waals surface area (Å²) in [5, 5.41) is 6.64. The molecule has 6 nitrogen and oxygen atoms in total. The minimum absolute atomic E-state index is 0. The molecular weight excluding hydrogens is 457 g/mol. The number of nitrogens with zero attached hydrogens (tertiary/aromatic N) is 1. The Labute approximate surface area is 180 Å². The molecule has 0 radical (unpaired) electrons. The third-order valence-electron chi connectivity index (χ3n) is 4.77. The van der Waals surface area contributed by atoms with Gasteiger partial charge in [-0.1, -0.05) is 12.1 Å². The van der Waals surface area contributed by atoms with Crippen molar-refractivity contribution < 1.29 is 14.2 Å². The van der Waals surface area contributed by atoms with E-state index in [4.69, 9.17) is 14.2 Å². The molecule has 1 aromatic carbocycles. The number of methoxy groups -OCH3 is 2. The molecule has 1 aromatic rings. The number of hydrogen-bond acceptors (Lipinski definition) is 4. The number of para-hydroxylation sites is 1. The van der Waals surface area contributed by atoms with Crippen LogP contribution in [-0.4, -0.2) is 45.5 Å². The van der Waals surface area contributed by atoms with Gasteiger partial charge in [0.1, 0.15) is 0 Å². The summed E-state index contributed by atoms with van der Waals surface area (Å²) in [5.74, 6) is 2.34. The predicted molar refractivity (Wildman–Crippen MR) is 121 cm³/mol. The summed E-state index contributed by atoms with van der Waals surface area (Å²) in [4.78, 5) is 4.28. The Kier molecular flexibility index (Phi) is 10.2. The van der Waals surface area contributed by atoms with Crippen molar-refractivity contribution in [1.82, 2.24) is 10.6 Å². The molecule has 0 aliphatic heterocycles. The lowest BCUT2D eigenvalue weighted by molar-refractivity contribution is 0.0268. The molecule has 1 fully saturated rings. The topological polar surface area (TPSA) is 64.1 Å². The molecule has 0 spiro atoms. The van der Waals surface area contributed by atoms with Crippen LogP contribution in [0.25, 0.3) is 0 Å². The van der Waals surface area contributed by atoms with Crippen LogP contribution < -0.4 is 20.1 Å². The molecule has 1 aliphatic carbocycles. The Morgan fingerprint density at radius 2 is 1.89 bits per heavy atom. The number of guanidine groups is 1. The minimum atomic E-state index is -0.260. The van der Waals surface area contributed by atoms with Crippen molar-refractivity contribution >= 4 is 29.9 Å². The average molecular weight is 491 g/mol. The normalized spacial score (nSPS) is 15.2. The number of halogens is 1. The van der Waals surface area contributed by atoms with E-state index >= 15 is 0 Å². The van der Waals surface area contributed by atoms with E-state index in [0.29, 0.717) is 13.1 Å². The zero-order chi connectivity index (χ0) is 19.0. The van der Waals surface area contributed by atoms with Gasteiger partial charge in [0.25, 0.3) is 0 Å². The first kappa shape index (κ1) is 23.8. The van der Waals surface area contributed by atoms with Crippen molar-refractivity contribution in [2.24, 2.45) is 4.99 Å². The Balaban J connectivity index is 0.00000364. The fraction of sp³-hybridized carbons (Fsp3) is 0.650. The maximum Gasteiger partial charge on any atom is 0.191 e. The van der Waals surface area contributed by atoms with Gasteiger partial charge in [-0.05, 0) is 45.6 Å². The lowest BCUT2D eigenvalue weighted by atomic mass is 10.1. The molecule has 1 saturated carbocycles. The van der Waals surface area contributed by atoms with E-state index in [2.05, 4.69) is 21.7 Å². The zero-order valence-electron chi connectivity index (χ0n) is 17.1. The molecule has 154 valence electrons. The second-order valence-electron chi connectivity index (χ2n) is 7.22. The number of rotatable bonds is 8. The number of aliphatic imine (C=N–C) groups is 1. The van der Waals surface area contributed by atoms with Crippen molar-refractivity contribution in [3.63, 3.8) is 0 Å². The van der Waals surface area contributed by atoms with Gasteiger partial charge < -0.3 is 24.8 Å². The van der Waals surface area contributed by atoms with E-state index in [1.54, 1.807) is 21.3 Å². The third-order valence-corrected chi connectivity index (χ3v) is 4.77. The second-order valence-corrected chi connectivity index (χ2v) is 7.22. The summed E-state index contributed by atoms with van der Waals surface area (Å²) >= 11 is 0. The molecule has 0 heterocycles. The Bertz CT molecular complexity index is 602. The van der Waals surface area contributed by atoms with Gasteiger partial charge in [0.2, 0.25) is 0 Å². The predicted octanol–water partition coefficient (Wildman–Crippen LogP) is 3.72. The molecule has 0 amide bonds. The summed E-state index contributed by atoms with van der Waals surface area (Å²) in [6.07, 6.45) is 4.98. The quantitative estimate of drug-likeness (QED) is 0.330. The summed E-state index contributed by atoms with van der Waals surface area (Å²) in [5.41, 5.74) is 0.801. The molecule has 0 aromatic heterocycles. The van der Waals surface area contributed by atoms with Crippen LogP contribution >= 0.6 is 24.0 Å². The number of nitrogens with one attached hydrogen (secondary N) is 2. The maximum absolute atomic E-state index is 6.28. The molecule has 7 heteroatoms. The van der Waals surface area contributed by atoms with Crippen LogP contribution in [0.1, 0.15) is 45.1 Å². The van der Waals surface area contributed by atoms with Crippen LogP contribution in [-0.2, 0) is 11.3 Å². The largest absolute Gasteiger partial charge is 0.493 e. The van der Waals surface area contributed by atoms with Crippen LogP contribution in [0.15, 0.2) is 23.2 Å². The first-order chi connectivity index (χ1) is 12.5. The Hall–Kier alpha value is -1.22. The highest BCUT2D eigenvalue weighted by molar-refractivity contribution is 14.0. The molecule has 0 unspecified atom stereocenters. The molecule has 27 heavy (non-hydrogen) atoms. The minimum Gasteiger partial charge on any atom is -0.493 e. The lowest BCUT2D eigenvalue weighted by Crippen LogP contribution is -2.45. The van der Waals surface area contributed by atoms with Gasteiger partial charge in [-0.3, -0.25) is 4.99 Å².